The Morgan fingerprint density at radius 2 is 1.89 bits per heavy atom. The van der Waals surface area contributed by atoms with Crippen LogP contribution in [0.15, 0.2) is 67.1 Å². The number of urea groups is 1. The highest BCUT2D eigenvalue weighted by Crippen LogP contribution is 2.49. The molecule has 1 aliphatic carbocycles. The van der Waals surface area contributed by atoms with Gasteiger partial charge in [0.15, 0.2) is 0 Å². The molecule has 1 saturated carbocycles. The Labute approximate surface area is 206 Å². The number of anilines is 3. The number of nitrogens with one attached hydrogen (secondary N) is 2. The van der Waals surface area contributed by atoms with Crippen molar-refractivity contribution < 1.29 is 4.79 Å². The summed E-state index contributed by atoms with van der Waals surface area (Å²) in [6.07, 6.45) is 11.8. The molecule has 1 spiro atoms. The zero-order valence-electron chi connectivity index (χ0n) is 20.0. The van der Waals surface area contributed by atoms with Crippen molar-refractivity contribution in [1.82, 2.24) is 20.2 Å². The van der Waals surface area contributed by atoms with Gasteiger partial charge in [-0.2, -0.15) is 0 Å². The van der Waals surface area contributed by atoms with Crippen molar-refractivity contribution in [2.45, 2.75) is 50.1 Å². The van der Waals surface area contributed by atoms with E-state index >= 15 is 0 Å². The molecule has 2 fully saturated rings. The standard InChI is InChI=1S/C28H32N6O/c35-27(31-18-21-5-4-14-29-17-21)32-22-10-11-26(30-19-22)34-20-28(24-8-1-2-9-25(24)34)12-15-33(16-13-28)23-6-3-7-23/h1-2,4-5,8-11,14,17,19,23H,3,6-7,12-13,15-16,18,20H2,(H2,31,32,35). The second-order valence-electron chi connectivity index (χ2n) is 10.1. The predicted octanol–water partition coefficient (Wildman–Crippen LogP) is 4.84. The van der Waals surface area contributed by atoms with Crippen LogP contribution < -0.4 is 15.5 Å². The molecule has 180 valence electrons. The van der Waals surface area contributed by atoms with Crippen LogP contribution >= 0.6 is 0 Å². The molecule has 0 radical (unpaired) electrons. The minimum atomic E-state index is -0.257. The smallest absolute Gasteiger partial charge is 0.319 e. The quantitative estimate of drug-likeness (QED) is 0.561. The number of hydrogen-bond acceptors (Lipinski definition) is 5. The van der Waals surface area contributed by atoms with Crippen molar-refractivity contribution in [1.29, 1.82) is 0 Å². The lowest BCUT2D eigenvalue weighted by atomic mass is 9.73. The van der Waals surface area contributed by atoms with Crippen LogP contribution in [0.5, 0.6) is 0 Å². The minimum absolute atomic E-state index is 0.196. The number of piperidine rings is 1. The van der Waals surface area contributed by atoms with E-state index < -0.39 is 0 Å². The number of hydrogen-bond donors (Lipinski definition) is 2. The van der Waals surface area contributed by atoms with Crippen molar-refractivity contribution in [3.63, 3.8) is 0 Å². The largest absolute Gasteiger partial charge is 0.334 e. The van der Waals surface area contributed by atoms with E-state index in [1.165, 1.54) is 56.4 Å². The Bertz CT molecular complexity index is 1170. The SMILES string of the molecule is O=C(NCc1cccnc1)Nc1ccc(N2CC3(CCN(C4CCC4)CC3)c3ccccc32)nc1. The Morgan fingerprint density at radius 1 is 1.03 bits per heavy atom. The maximum absolute atomic E-state index is 12.3. The summed E-state index contributed by atoms with van der Waals surface area (Å²) in [5.74, 6) is 0.928. The Kier molecular flexibility index (Phi) is 5.86. The lowest BCUT2D eigenvalue weighted by Crippen LogP contribution is -2.50. The number of rotatable bonds is 5. The van der Waals surface area contributed by atoms with Gasteiger partial charge in [0, 0.05) is 42.6 Å². The number of carbonyl (C=O) groups is 1. The molecule has 2 aromatic heterocycles. The third kappa shape index (κ3) is 4.36. The van der Waals surface area contributed by atoms with E-state index in [1.54, 1.807) is 18.6 Å². The third-order valence-electron chi connectivity index (χ3n) is 8.03. The van der Waals surface area contributed by atoms with E-state index in [-0.39, 0.29) is 11.4 Å². The number of likely N-dealkylation sites (tertiary alicyclic amines) is 1. The molecule has 0 unspecified atom stereocenters. The summed E-state index contributed by atoms with van der Waals surface area (Å²) >= 11 is 0. The number of carbonyl (C=O) groups excluding carboxylic acids is 1. The van der Waals surface area contributed by atoms with Gasteiger partial charge < -0.3 is 20.4 Å². The first-order chi connectivity index (χ1) is 17.2. The summed E-state index contributed by atoms with van der Waals surface area (Å²) in [4.78, 5) is 26.2. The Hall–Kier alpha value is -3.45. The molecular formula is C28H32N6O. The zero-order chi connectivity index (χ0) is 23.7. The molecule has 7 heteroatoms. The summed E-state index contributed by atoms with van der Waals surface area (Å²) in [6, 6.07) is 17.1. The summed E-state index contributed by atoms with van der Waals surface area (Å²) in [7, 11) is 0. The Morgan fingerprint density at radius 3 is 2.60 bits per heavy atom. The second kappa shape index (κ2) is 9.30. The van der Waals surface area contributed by atoms with Gasteiger partial charge in [0.1, 0.15) is 5.82 Å². The molecule has 2 amide bonds. The van der Waals surface area contributed by atoms with Crippen molar-refractivity contribution >= 4 is 23.2 Å². The summed E-state index contributed by atoms with van der Waals surface area (Å²) < 4.78 is 0. The van der Waals surface area contributed by atoms with Crippen LogP contribution in [-0.2, 0) is 12.0 Å². The molecule has 3 aromatic rings. The molecule has 2 N–H and O–H groups in total. The van der Waals surface area contributed by atoms with Crippen LogP contribution in [0.4, 0.5) is 22.0 Å². The van der Waals surface area contributed by atoms with Crippen LogP contribution in [0.2, 0.25) is 0 Å². The van der Waals surface area contributed by atoms with Crippen LogP contribution in [-0.4, -0.2) is 46.6 Å². The normalized spacial score (nSPS) is 19.3. The molecule has 1 aromatic carbocycles. The van der Waals surface area contributed by atoms with Crippen molar-refractivity contribution in [3.05, 3.63) is 78.2 Å². The summed E-state index contributed by atoms with van der Waals surface area (Å²) in [6.45, 7) is 3.78. The summed E-state index contributed by atoms with van der Waals surface area (Å²) in [5, 5.41) is 5.73. The molecule has 2 aliphatic heterocycles. The number of pyridine rings is 2. The molecule has 0 atom stereocenters. The van der Waals surface area contributed by atoms with Gasteiger partial charge in [0.2, 0.25) is 0 Å². The molecule has 7 nitrogen and oxygen atoms in total. The maximum Gasteiger partial charge on any atom is 0.319 e. The molecule has 3 aliphatic rings. The van der Waals surface area contributed by atoms with Gasteiger partial charge in [-0.15, -0.1) is 0 Å². The highest BCUT2D eigenvalue weighted by atomic mass is 16.2. The van der Waals surface area contributed by atoms with E-state index in [9.17, 15) is 4.79 Å². The van der Waals surface area contributed by atoms with Crippen LogP contribution in [0, 0.1) is 0 Å². The molecule has 1 saturated heterocycles. The number of para-hydroxylation sites is 1. The average molecular weight is 469 g/mol. The first kappa shape index (κ1) is 22.0. The molecule has 6 rings (SSSR count). The first-order valence-corrected chi connectivity index (χ1v) is 12.7. The topological polar surface area (TPSA) is 73.4 Å². The molecular weight excluding hydrogens is 436 g/mol. The van der Waals surface area contributed by atoms with E-state index in [0.717, 1.165) is 24.0 Å². The van der Waals surface area contributed by atoms with Gasteiger partial charge in [-0.1, -0.05) is 30.7 Å². The van der Waals surface area contributed by atoms with Crippen LogP contribution in [0.1, 0.15) is 43.2 Å². The molecule has 35 heavy (non-hydrogen) atoms. The number of fused-ring (bicyclic) bond motifs is 2. The van der Waals surface area contributed by atoms with Gasteiger partial charge in [0.05, 0.1) is 11.9 Å². The molecule has 0 bridgehead atoms. The maximum atomic E-state index is 12.3. The van der Waals surface area contributed by atoms with Crippen LogP contribution in [0.25, 0.3) is 0 Å². The number of benzene rings is 1. The predicted molar refractivity (Wildman–Crippen MR) is 138 cm³/mol. The highest BCUT2D eigenvalue weighted by molar-refractivity contribution is 5.89. The second-order valence-corrected chi connectivity index (χ2v) is 10.1. The number of nitrogens with zero attached hydrogens (tertiary/aromatic N) is 4. The van der Waals surface area contributed by atoms with Gasteiger partial charge in [-0.3, -0.25) is 4.98 Å². The minimum Gasteiger partial charge on any atom is -0.334 e. The summed E-state index contributed by atoms with van der Waals surface area (Å²) in [5.41, 5.74) is 4.56. The van der Waals surface area contributed by atoms with Gasteiger partial charge in [0.25, 0.3) is 0 Å². The van der Waals surface area contributed by atoms with Gasteiger partial charge in [-0.05, 0) is 74.2 Å². The average Bonchev–Trinajstić information content (AvgIpc) is 3.18. The fourth-order valence-electron chi connectivity index (χ4n) is 5.81. The van der Waals surface area contributed by atoms with E-state index in [4.69, 9.17) is 4.98 Å². The van der Waals surface area contributed by atoms with E-state index in [0.29, 0.717) is 12.2 Å². The fraction of sp³-hybridized carbons (Fsp3) is 0.393. The number of amides is 2. The van der Waals surface area contributed by atoms with E-state index in [2.05, 4.69) is 49.7 Å². The van der Waals surface area contributed by atoms with E-state index in [1.807, 2.05) is 24.3 Å². The first-order valence-electron chi connectivity index (χ1n) is 12.7. The Balaban J connectivity index is 1.12. The highest BCUT2D eigenvalue weighted by Gasteiger charge is 2.46. The van der Waals surface area contributed by atoms with Crippen molar-refractivity contribution in [2.24, 2.45) is 0 Å². The van der Waals surface area contributed by atoms with Gasteiger partial charge >= 0.3 is 6.03 Å². The third-order valence-corrected chi connectivity index (χ3v) is 8.03. The zero-order valence-corrected chi connectivity index (χ0v) is 20.0. The number of aromatic nitrogens is 2. The van der Waals surface area contributed by atoms with Crippen molar-refractivity contribution in [2.75, 3.05) is 29.9 Å². The fourth-order valence-corrected chi connectivity index (χ4v) is 5.81. The van der Waals surface area contributed by atoms with Crippen molar-refractivity contribution in [3.8, 4) is 0 Å². The molecule has 4 heterocycles. The van der Waals surface area contributed by atoms with Gasteiger partial charge in [-0.25, -0.2) is 9.78 Å². The lowest BCUT2D eigenvalue weighted by molar-refractivity contribution is 0.0767. The monoisotopic (exact) mass is 468 g/mol. The van der Waals surface area contributed by atoms with Crippen LogP contribution in [0.3, 0.4) is 0 Å². The lowest BCUT2D eigenvalue weighted by Gasteiger charge is -2.45.